The van der Waals surface area contributed by atoms with Crippen molar-refractivity contribution in [3.63, 3.8) is 0 Å². The van der Waals surface area contributed by atoms with Gasteiger partial charge in [0.2, 0.25) is 5.75 Å². The Bertz CT molecular complexity index is 455. The van der Waals surface area contributed by atoms with E-state index in [2.05, 4.69) is 34.0 Å². The average Bonchev–Trinajstić information content (AvgIpc) is 2.28. The number of methoxy groups -OCH3 is 1. The molecule has 94 valence electrons. The molecule has 0 aromatic carbocycles. The molecule has 2 rings (SSSR count). The van der Waals surface area contributed by atoms with Gasteiger partial charge in [0.05, 0.1) is 13.4 Å². The number of hydrogen-bond donors (Lipinski definition) is 2. The van der Waals surface area contributed by atoms with Crippen LogP contribution in [0.2, 0.25) is 0 Å². The van der Waals surface area contributed by atoms with Gasteiger partial charge in [-0.05, 0) is 13.8 Å². The second-order valence-electron chi connectivity index (χ2n) is 4.73. The third kappa shape index (κ3) is 2.12. The first kappa shape index (κ1) is 11.9. The Balaban J connectivity index is 2.45. The number of aromatic amines is 1. The number of hydrogen-bond acceptors (Lipinski definition) is 5. The van der Waals surface area contributed by atoms with Crippen LogP contribution in [0.3, 0.4) is 0 Å². The summed E-state index contributed by atoms with van der Waals surface area (Å²) in [6.07, 6.45) is 1.41. The van der Waals surface area contributed by atoms with Gasteiger partial charge in [0.1, 0.15) is 0 Å². The van der Waals surface area contributed by atoms with Crippen LogP contribution < -0.4 is 20.5 Å². The number of anilines is 1. The molecule has 1 aliphatic rings. The number of ether oxygens (including phenoxy) is 1. The lowest BCUT2D eigenvalue weighted by Crippen LogP contribution is -2.58. The molecule has 0 atom stereocenters. The number of nitrogens with one attached hydrogen (secondary N) is 2. The van der Waals surface area contributed by atoms with E-state index in [9.17, 15) is 4.79 Å². The largest absolute Gasteiger partial charge is 0.489 e. The number of aromatic nitrogens is 2. The van der Waals surface area contributed by atoms with Crippen molar-refractivity contribution in [1.29, 1.82) is 0 Å². The van der Waals surface area contributed by atoms with Crippen LogP contribution in [0.25, 0.3) is 0 Å². The summed E-state index contributed by atoms with van der Waals surface area (Å²) in [5.41, 5.74) is -0.335. The number of rotatable bonds is 2. The summed E-state index contributed by atoms with van der Waals surface area (Å²) < 4.78 is 5.15. The maximum atomic E-state index is 11.7. The first-order valence-corrected chi connectivity index (χ1v) is 5.66. The Labute approximate surface area is 100 Å². The second kappa shape index (κ2) is 4.37. The SMILES string of the molecule is COc1c(N2CCNCC2(C)C)nc[nH]c1=O. The summed E-state index contributed by atoms with van der Waals surface area (Å²) in [5, 5.41) is 3.33. The average molecular weight is 238 g/mol. The van der Waals surface area contributed by atoms with Crippen LogP contribution in [-0.2, 0) is 0 Å². The predicted octanol–water partition coefficient (Wildman–Crippen LogP) is -0.0333. The summed E-state index contributed by atoms with van der Waals surface area (Å²) >= 11 is 0. The molecule has 1 aromatic rings. The van der Waals surface area contributed by atoms with E-state index in [0.717, 1.165) is 19.6 Å². The quantitative estimate of drug-likeness (QED) is 0.757. The maximum absolute atomic E-state index is 11.7. The van der Waals surface area contributed by atoms with Gasteiger partial charge in [0.15, 0.2) is 5.82 Å². The lowest BCUT2D eigenvalue weighted by molar-refractivity contribution is 0.361. The lowest BCUT2D eigenvalue weighted by atomic mass is 10.0. The van der Waals surface area contributed by atoms with Crippen LogP contribution in [0, 0.1) is 0 Å². The van der Waals surface area contributed by atoms with E-state index in [-0.39, 0.29) is 16.8 Å². The van der Waals surface area contributed by atoms with Crippen LogP contribution in [0.1, 0.15) is 13.8 Å². The Morgan fingerprint density at radius 1 is 1.53 bits per heavy atom. The van der Waals surface area contributed by atoms with Crippen molar-refractivity contribution in [2.75, 3.05) is 31.6 Å². The summed E-state index contributed by atoms with van der Waals surface area (Å²) in [6, 6.07) is 0. The Kier molecular flexibility index (Phi) is 3.06. The highest BCUT2D eigenvalue weighted by molar-refractivity contribution is 5.53. The number of H-pyrrole nitrogens is 1. The van der Waals surface area contributed by atoms with Crippen LogP contribution in [0.4, 0.5) is 5.82 Å². The molecule has 1 fully saturated rings. The van der Waals surface area contributed by atoms with Gasteiger partial charge in [-0.3, -0.25) is 4.79 Å². The van der Waals surface area contributed by atoms with Gasteiger partial charge in [-0.25, -0.2) is 4.98 Å². The zero-order valence-electron chi connectivity index (χ0n) is 10.4. The maximum Gasteiger partial charge on any atom is 0.295 e. The van der Waals surface area contributed by atoms with Crippen LogP contribution in [0.5, 0.6) is 5.75 Å². The van der Waals surface area contributed by atoms with Gasteiger partial charge in [-0.1, -0.05) is 0 Å². The summed E-state index contributed by atoms with van der Waals surface area (Å²) in [5.74, 6) is 0.894. The fourth-order valence-corrected chi connectivity index (χ4v) is 2.13. The lowest BCUT2D eigenvalue weighted by Gasteiger charge is -2.43. The highest BCUT2D eigenvalue weighted by Gasteiger charge is 2.32. The Morgan fingerprint density at radius 3 is 2.94 bits per heavy atom. The molecule has 0 spiro atoms. The molecule has 1 aromatic heterocycles. The molecule has 0 unspecified atom stereocenters. The molecular formula is C11H18N4O2. The fourth-order valence-electron chi connectivity index (χ4n) is 2.13. The first-order valence-electron chi connectivity index (χ1n) is 5.66. The minimum Gasteiger partial charge on any atom is -0.489 e. The molecule has 2 N–H and O–H groups in total. The number of nitrogens with zero attached hydrogens (tertiary/aromatic N) is 2. The summed E-state index contributed by atoms with van der Waals surface area (Å²) in [4.78, 5) is 20.5. The summed E-state index contributed by atoms with van der Waals surface area (Å²) in [7, 11) is 1.49. The van der Waals surface area contributed by atoms with E-state index in [0.29, 0.717) is 5.82 Å². The zero-order valence-corrected chi connectivity index (χ0v) is 10.4. The predicted molar refractivity (Wildman–Crippen MR) is 65.7 cm³/mol. The van der Waals surface area contributed by atoms with Gasteiger partial charge in [-0.2, -0.15) is 0 Å². The third-order valence-corrected chi connectivity index (χ3v) is 3.05. The van der Waals surface area contributed by atoms with Crippen molar-refractivity contribution in [2.45, 2.75) is 19.4 Å². The molecule has 17 heavy (non-hydrogen) atoms. The van der Waals surface area contributed by atoms with E-state index in [1.165, 1.54) is 13.4 Å². The van der Waals surface area contributed by atoms with Gasteiger partial charge in [0, 0.05) is 25.2 Å². The molecule has 0 bridgehead atoms. The molecule has 0 saturated carbocycles. The van der Waals surface area contributed by atoms with E-state index in [1.54, 1.807) is 0 Å². The fraction of sp³-hybridized carbons (Fsp3) is 0.636. The van der Waals surface area contributed by atoms with E-state index >= 15 is 0 Å². The normalized spacial score (nSPS) is 19.1. The molecule has 1 saturated heterocycles. The van der Waals surface area contributed by atoms with Crippen molar-refractivity contribution < 1.29 is 4.74 Å². The molecule has 0 aliphatic carbocycles. The van der Waals surface area contributed by atoms with Crippen LogP contribution in [0.15, 0.2) is 11.1 Å². The van der Waals surface area contributed by atoms with E-state index in [4.69, 9.17) is 4.74 Å². The molecule has 0 radical (unpaired) electrons. The molecular weight excluding hydrogens is 220 g/mol. The Hall–Kier alpha value is -1.56. The topological polar surface area (TPSA) is 70.2 Å². The van der Waals surface area contributed by atoms with E-state index in [1.807, 2.05) is 0 Å². The minimum atomic E-state index is -0.244. The van der Waals surface area contributed by atoms with Crippen molar-refractivity contribution in [1.82, 2.24) is 15.3 Å². The molecule has 6 heteroatoms. The zero-order chi connectivity index (χ0) is 12.5. The highest BCUT2D eigenvalue weighted by Crippen LogP contribution is 2.28. The third-order valence-electron chi connectivity index (χ3n) is 3.05. The van der Waals surface area contributed by atoms with Crippen LogP contribution >= 0.6 is 0 Å². The van der Waals surface area contributed by atoms with Gasteiger partial charge in [-0.15, -0.1) is 0 Å². The molecule has 6 nitrogen and oxygen atoms in total. The van der Waals surface area contributed by atoms with Crippen molar-refractivity contribution in [2.24, 2.45) is 0 Å². The first-order chi connectivity index (χ1) is 8.06. The van der Waals surface area contributed by atoms with Crippen molar-refractivity contribution >= 4 is 5.82 Å². The van der Waals surface area contributed by atoms with Gasteiger partial charge >= 0.3 is 0 Å². The Morgan fingerprint density at radius 2 is 2.29 bits per heavy atom. The van der Waals surface area contributed by atoms with Gasteiger partial charge in [0.25, 0.3) is 5.56 Å². The van der Waals surface area contributed by atoms with Crippen molar-refractivity contribution in [3.05, 3.63) is 16.7 Å². The molecule has 0 amide bonds. The van der Waals surface area contributed by atoms with E-state index < -0.39 is 0 Å². The second-order valence-corrected chi connectivity index (χ2v) is 4.73. The smallest absolute Gasteiger partial charge is 0.295 e. The number of piperazine rings is 1. The highest BCUT2D eigenvalue weighted by atomic mass is 16.5. The monoisotopic (exact) mass is 238 g/mol. The standard InChI is InChI=1S/C11H18N4O2/c1-11(2)6-12-4-5-15(11)9-8(17-3)10(16)14-7-13-9/h7,12H,4-6H2,1-3H3,(H,13,14,16). The minimum absolute atomic E-state index is 0.0909. The van der Waals surface area contributed by atoms with Gasteiger partial charge < -0.3 is 19.9 Å². The summed E-state index contributed by atoms with van der Waals surface area (Å²) in [6.45, 7) is 6.76. The van der Waals surface area contributed by atoms with Crippen molar-refractivity contribution in [3.8, 4) is 5.75 Å². The molecule has 2 heterocycles. The van der Waals surface area contributed by atoms with Crippen LogP contribution in [-0.4, -0.2) is 42.3 Å². The molecule has 1 aliphatic heterocycles.